The fourth-order valence-corrected chi connectivity index (χ4v) is 8.20. The molecule has 0 heterocycles. The van der Waals surface area contributed by atoms with Gasteiger partial charge in [-0.2, -0.15) is 0 Å². The van der Waals surface area contributed by atoms with E-state index in [-0.39, 0.29) is 6.10 Å². The van der Waals surface area contributed by atoms with Crippen LogP contribution in [0.1, 0.15) is 91.9 Å². The van der Waals surface area contributed by atoms with E-state index in [0.29, 0.717) is 28.6 Å². The summed E-state index contributed by atoms with van der Waals surface area (Å²) in [5.41, 5.74) is 2.17. The summed E-state index contributed by atoms with van der Waals surface area (Å²) in [7, 11) is 0. The predicted octanol–water partition coefficient (Wildman–Crippen LogP) is 6.61. The SMILES string of the molecule is C=C1CCC2C3C(O)CC(C(CCC)C4CCC4)C(C)(C)C3CCC12C. The van der Waals surface area contributed by atoms with Crippen LogP contribution in [0, 0.1) is 46.3 Å². The summed E-state index contributed by atoms with van der Waals surface area (Å²) in [5, 5.41) is 11.4. The molecule has 4 aliphatic carbocycles. The van der Waals surface area contributed by atoms with Crippen LogP contribution in [0.2, 0.25) is 0 Å². The van der Waals surface area contributed by atoms with Crippen LogP contribution in [0.15, 0.2) is 12.2 Å². The molecule has 4 saturated carbocycles. The maximum Gasteiger partial charge on any atom is 0.0577 e. The van der Waals surface area contributed by atoms with E-state index >= 15 is 0 Å². The zero-order valence-corrected chi connectivity index (χ0v) is 17.8. The van der Waals surface area contributed by atoms with E-state index in [9.17, 15) is 5.11 Å². The Hall–Kier alpha value is -0.300. The van der Waals surface area contributed by atoms with E-state index in [1.54, 1.807) is 0 Å². The van der Waals surface area contributed by atoms with Crippen LogP contribution in [0.4, 0.5) is 0 Å². The average Bonchev–Trinajstić information content (AvgIpc) is 2.84. The lowest BCUT2D eigenvalue weighted by atomic mass is 9.44. The molecule has 1 heteroatoms. The molecule has 1 N–H and O–H groups in total. The van der Waals surface area contributed by atoms with Gasteiger partial charge in [-0.1, -0.05) is 72.0 Å². The number of hydrogen-bond donors (Lipinski definition) is 1. The van der Waals surface area contributed by atoms with E-state index in [0.717, 1.165) is 24.2 Å². The molecule has 7 atom stereocenters. The molecule has 0 bridgehead atoms. The Balaban J connectivity index is 1.62. The van der Waals surface area contributed by atoms with Crippen LogP contribution in [0.25, 0.3) is 0 Å². The lowest BCUT2D eigenvalue weighted by Gasteiger charge is -2.61. The Morgan fingerprint density at radius 3 is 2.46 bits per heavy atom. The Labute approximate surface area is 162 Å². The van der Waals surface area contributed by atoms with Crippen molar-refractivity contribution >= 4 is 0 Å². The fraction of sp³-hybridized carbons (Fsp3) is 0.920. The van der Waals surface area contributed by atoms with E-state index in [4.69, 9.17) is 0 Å². The van der Waals surface area contributed by atoms with Crippen molar-refractivity contribution in [3.05, 3.63) is 12.2 Å². The van der Waals surface area contributed by atoms with Crippen LogP contribution in [-0.4, -0.2) is 11.2 Å². The van der Waals surface area contributed by atoms with Gasteiger partial charge in [0.15, 0.2) is 0 Å². The molecule has 1 nitrogen and oxygen atoms in total. The van der Waals surface area contributed by atoms with Gasteiger partial charge in [-0.25, -0.2) is 0 Å². The van der Waals surface area contributed by atoms with E-state index in [2.05, 4.69) is 34.3 Å². The molecule has 4 rings (SSSR count). The van der Waals surface area contributed by atoms with E-state index in [1.165, 1.54) is 63.4 Å². The molecular formula is C25H42O. The molecule has 4 fully saturated rings. The zero-order valence-electron chi connectivity index (χ0n) is 17.8. The maximum absolute atomic E-state index is 11.4. The van der Waals surface area contributed by atoms with Crippen molar-refractivity contribution in [2.75, 3.05) is 0 Å². The standard InChI is InChI=1S/C25H42O/c1-6-8-18(17-9-7-10-17)21-15-22(26)23-19(24(21,3)4)13-14-25(5)16(2)11-12-20(23)25/h17-23,26H,2,6-15H2,1,3-5H3. The summed E-state index contributed by atoms with van der Waals surface area (Å²) in [5.74, 6) is 4.42. The summed E-state index contributed by atoms with van der Waals surface area (Å²) in [6.45, 7) is 14.4. The van der Waals surface area contributed by atoms with E-state index < -0.39 is 0 Å². The van der Waals surface area contributed by atoms with Gasteiger partial charge in [0.05, 0.1) is 6.10 Å². The van der Waals surface area contributed by atoms with E-state index in [1.807, 2.05) is 0 Å². The van der Waals surface area contributed by atoms with Crippen LogP contribution < -0.4 is 0 Å². The van der Waals surface area contributed by atoms with Crippen molar-refractivity contribution in [2.45, 2.75) is 98.0 Å². The highest BCUT2D eigenvalue weighted by molar-refractivity contribution is 5.22. The molecule has 0 radical (unpaired) electrons. The van der Waals surface area contributed by atoms with Gasteiger partial charge in [0, 0.05) is 0 Å². The highest BCUT2D eigenvalue weighted by Crippen LogP contribution is 2.66. The van der Waals surface area contributed by atoms with Crippen molar-refractivity contribution in [3.8, 4) is 0 Å². The second-order valence-corrected chi connectivity index (χ2v) is 11.3. The number of allylic oxidation sites excluding steroid dienone is 1. The average molecular weight is 359 g/mol. The Kier molecular flexibility index (Phi) is 4.86. The van der Waals surface area contributed by atoms with Gasteiger partial charge in [0.1, 0.15) is 0 Å². The molecule has 148 valence electrons. The van der Waals surface area contributed by atoms with Gasteiger partial charge < -0.3 is 5.11 Å². The molecule has 0 amide bonds. The normalized spacial score (nSPS) is 46.3. The second-order valence-electron chi connectivity index (χ2n) is 11.3. The first-order valence-corrected chi connectivity index (χ1v) is 11.7. The molecule has 0 spiro atoms. The molecule has 0 aromatic carbocycles. The lowest BCUT2D eigenvalue weighted by molar-refractivity contribution is -0.155. The minimum atomic E-state index is -0.0759. The first-order valence-electron chi connectivity index (χ1n) is 11.7. The predicted molar refractivity (Wildman–Crippen MR) is 110 cm³/mol. The van der Waals surface area contributed by atoms with Gasteiger partial charge in [0.2, 0.25) is 0 Å². The van der Waals surface area contributed by atoms with Crippen LogP contribution in [-0.2, 0) is 0 Å². The summed E-state index contributed by atoms with van der Waals surface area (Å²) in [6, 6.07) is 0. The number of rotatable bonds is 4. The molecule has 7 unspecified atom stereocenters. The van der Waals surface area contributed by atoms with Gasteiger partial charge in [-0.3, -0.25) is 0 Å². The van der Waals surface area contributed by atoms with Crippen molar-refractivity contribution in [3.63, 3.8) is 0 Å². The van der Waals surface area contributed by atoms with Crippen molar-refractivity contribution in [1.29, 1.82) is 0 Å². The summed E-state index contributed by atoms with van der Waals surface area (Å²) < 4.78 is 0. The largest absolute Gasteiger partial charge is 0.393 e. The highest BCUT2D eigenvalue weighted by Gasteiger charge is 2.60. The molecule has 26 heavy (non-hydrogen) atoms. The fourth-order valence-electron chi connectivity index (χ4n) is 8.20. The molecule has 0 aliphatic heterocycles. The smallest absolute Gasteiger partial charge is 0.0577 e. The number of aliphatic hydroxyl groups is 1. The first kappa shape index (κ1) is 19.0. The number of fused-ring (bicyclic) bond motifs is 3. The number of aliphatic hydroxyl groups excluding tert-OH is 1. The molecular weight excluding hydrogens is 316 g/mol. The summed E-state index contributed by atoms with van der Waals surface area (Å²) in [6.07, 6.45) is 13.1. The summed E-state index contributed by atoms with van der Waals surface area (Å²) >= 11 is 0. The maximum atomic E-state index is 11.4. The van der Waals surface area contributed by atoms with Crippen molar-refractivity contribution in [1.82, 2.24) is 0 Å². The van der Waals surface area contributed by atoms with Gasteiger partial charge in [-0.15, -0.1) is 0 Å². The van der Waals surface area contributed by atoms with Gasteiger partial charge in [0.25, 0.3) is 0 Å². The molecule has 4 aliphatic rings. The second kappa shape index (κ2) is 6.64. The van der Waals surface area contributed by atoms with Crippen LogP contribution in [0.5, 0.6) is 0 Å². The van der Waals surface area contributed by atoms with Crippen LogP contribution in [0.3, 0.4) is 0 Å². The third kappa shape index (κ3) is 2.66. The van der Waals surface area contributed by atoms with Crippen molar-refractivity contribution in [2.24, 2.45) is 46.3 Å². The molecule has 0 aromatic heterocycles. The lowest BCUT2D eigenvalue weighted by Crippen LogP contribution is -2.57. The third-order valence-corrected chi connectivity index (χ3v) is 10.0. The molecule has 0 aromatic rings. The minimum absolute atomic E-state index is 0.0759. The van der Waals surface area contributed by atoms with Gasteiger partial charge >= 0.3 is 0 Å². The molecule has 0 saturated heterocycles. The Morgan fingerprint density at radius 1 is 1.12 bits per heavy atom. The van der Waals surface area contributed by atoms with Crippen molar-refractivity contribution < 1.29 is 5.11 Å². The Bertz CT molecular complexity index is 544. The first-order chi connectivity index (χ1) is 12.3. The Morgan fingerprint density at radius 2 is 1.85 bits per heavy atom. The monoisotopic (exact) mass is 358 g/mol. The minimum Gasteiger partial charge on any atom is -0.393 e. The quantitative estimate of drug-likeness (QED) is 0.561. The highest BCUT2D eigenvalue weighted by atomic mass is 16.3. The topological polar surface area (TPSA) is 20.2 Å². The number of hydrogen-bond acceptors (Lipinski definition) is 1. The van der Waals surface area contributed by atoms with Gasteiger partial charge in [-0.05, 0) is 78.4 Å². The third-order valence-electron chi connectivity index (χ3n) is 10.0. The summed E-state index contributed by atoms with van der Waals surface area (Å²) in [4.78, 5) is 0. The van der Waals surface area contributed by atoms with Crippen LogP contribution >= 0.6 is 0 Å². The zero-order chi connectivity index (χ0) is 18.7.